The number of hydrogen-bond donors (Lipinski definition) is 0. The minimum Gasteiger partial charge on any atom is -0.490 e. The largest absolute Gasteiger partial charge is 0.490 e. The number of ether oxygens (including phenoxy) is 2. The zero-order valence-corrected chi connectivity index (χ0v) is 12.7. The summed E-state index contributed by atoms with van der Waals surface area (Å²) in [5.74, 6) is 0.964. The van der Waals surface area contributed by atoms with E-state index in [0.29, 0.717) is 30.3 Å². The van der Waals surface area contributed by atoms with E-state index in [1.165, 1.54) is 6.07 Å². The van der Waals surface area contributed by atoms with Crippen molar-refractivity contribution in [1.29, 1.82) is 0 Å². The number of halogens is 1. The molecule has 0 aliphatic heterocycles. The molecule has 0 aromatic heterocycles. The maximum absolute atomic E-state index is 14.2. The Labute approximate surface area is 121 Å². The molecule has 20 heavy (non-hydrogen) atoms. The molecule has 1 aromatic rings. The topological polar surface area (TPSA) is 18.5 Å². The minimum atomic E-state index is -0.241. The molecular formula is C17H25FO2. The van der Waals surface area contributed by atoms with E-state index < -0.39 is 0 Å². The quantitative estimate of drug-likeness (QED) is 0.587. The molecule has 3 heteroatoms. The molecule has 0 saturated heterocycles. The summed E-state index contributed by atoms with van der Waals surface area (Å²) < 4.78 is 25.4. The van der Waals surface area contributed by atoms with Gasteiger partial charge in [0.15, 0.2) is 11.5 Å². The molecule has 1 rings (SSSR count). The van der Waals surface area contributed by atoms with Gasteiger partial charge in [-0.25, -0.2) is 4.39 Å². The van der Waals surface area contributed by atoms with Crippen molar-refractivity contribution in [2.24, 2.45) is 0 Å². The van der Waals surface area contributed by atoms with Gasteiger partial charge in [-0.05, 0) is 36.8 Å². The minimum absolute atomic E-state index is 0.0803. The van der Waals surface area contributed by atoms with Crippen LogP contribution in [0.2, 0.25) is 0 Å². The molecule has 1 unspecified atom stereocenters. The highest BCUT2D eigenvalue weighted by atomic mass is 19.1. The fraction of sp³-hybridized carbons (Fsp3) is 0.529. The molecule has 1 aromatic carbocycles. The summed E-state index contributed by atoms with van der Waals surface area (Å²) in [5.41, 5.74) is 0.653. The molecular weight excluding hydrogens is 255 g/mol. The summed E-state index contributed by atoms with van der Waals surface area (Å²) >= 11 is 0. The van der Waals surface area contributed by atoms with Gasteiger partial charge in [0, 0.05) is 6.07 Å². The van der Waals surface area contributed by atoms with Gasteiger partial charge in [0.1, 0.15) is 5.82 Å². The van der Waals surface area contributed by atoms with Crippen LogP contribution < -0.4 is 9.47 Å². The molecule has 0 aliphatic carbocycles. The van der Waals surface area contributed by atoms with Crippen LogP contribution in [0.4, 0.5) is 4.39 Å². The SMILES string of the molecule is C=CCC(C)c1cc(OCCC)c(OCCC)cc1F. The van der Waals surface area contributed by atoms with E-state index in [1.54, 1.807) is 12.1 Å². The normalized spacial score (nSPS) is 12.0. The number of allylic oxidation sites excluding steroid dienone is 1. The van der Waals surface area contributed by atoms with Gasteiger partial charge in [-0.1, -0.05) is 26.8 Å². The third kappa shape index (κ3) is 4.55. The van der Waals surface area contributed by atoms with Gasteiger partial charge in [0.05, 0.1) is 13.2 Å². The van der Waals surface area contributed by atoms with Gasteiger partial charge >= 0.3 is 0 Å². The summed E-state index contributed by atoms with van der Waals surface area (Å²) in [6.07, 6.45) is 4.32. The van der Waals surface area contributed by atoms with Crippen molar-refractivity contribution in [1.82, 2.24) is 0 Å². The van der Waals surface area contributed by atoms with Crippen molar-refractivity contribution in [3.05, 3.63) is 36.2 Å². The summed E-state index contributed by atoms with van der Waals surface area (Å²) in [5, 5.41) is 0. The smallest absolute Gasteiger partial charge is 0.164 e. The lowest BCUT2D eigenvalue weighted by molar-refractivity contribution is 0.266. The molecule has 0 N–H and O–H groups in total. The monoisotopic (exact) mass is 280 g/mol. The lowest BCUT2D eigenvalue weighted by atomic mass is 9.97. The predicted molar refractivity (Wildman–Crippen MR) is 81.2 cm³/mol. The van der Waals surface area contributed by atoms with Crippen molar-refractivity contribution in [3.8, 4) is 11.5 Å². The molecule has 112 valence electrons. The van der Waals surface area contributed by atoms with Gasteiger partial charge in [0.2, 0.25) is 0 Å². The number of hydrogen-bond acceptors (Lipinski definition) is 2. The van der Waals surface area contributed by atoms with Crippen molar-refractivity contribution in [2.45, 2.75) is 46.0 Å². The van der Waals surface area contributed by atoms with Gasteiger partial charge in [-0.3, -0.25) is 0 Å². The van der Waals surface area contributed by atoms with Crippen molar-refractivity contribution < 1.29 is 13.9 Å². The van der Waals surface area contributed by atoms with E-state index in [2.05, 4.69) is 6.58 Å². The average molecular weight is 280 g/mol. The van der Waals surface area contributed by atoms with E-state index >= 15 is 0 Å². The van der Waals surface area contributed by atoms with Crippen LogP contribution in [0.15, 0.2) is 24.8 Å². The van der Waals surface area contributed by atoms with E-state index in [-0.39, 0.29) is 11.7 Å². The molecule has 0 aliphatic rings. The van der Waals surface area contributed by atoms with Crippen LogP contribution in [0.3, 0.4) is 0 Å². The Hall–Kier alpha value is -1.51. The highest BCUT2D eigenvalue weighted by molar-refractivity contribution is 5.45. The standard InChI is InChI=1S/C17H25FO2/c1-5-8-13(4)14-11-16(19-9-6-2)17(12-15(14)18)20-10-7-3/h5,11-13H,1,6-10H2,2-4H3. The van der Waals surface area contributed by atoms with Gasteiger partial charge < -0.3 is 9.47 Å². The number of benzene rings is 1. The summed E-state index contributed by atoms with van der Waals surface area (Å²) in [6.45, 7) is 10.9. The second-order valence-corrected chi connectivity index (χ2v) is 4.94. The number of rotatable bonds is 9. The maximum atomic E-state index is 14.2. The van der Waals surface area contributed by atoms with E-state index in [9.17, 15) is 4.39 Å². The molecule has 2 nitrogen and oxygen atoms in total. The Morgan fingerprint density at radius 2 is 1.70 bits per heavy atom. The lowest BCUT2D eigenvalue weighted by Gasteiger charge is -2.17. The van der Waals surface area contributed by atoms with Gasteiger partial charge in [-0.15, -0.1) is 6.58 Å². The average Bonchev–Trinajstić information content (AvgIpc) is 2.44. The first kappa shape index (κ1) is 16.5. The summed E-state index contributed by atoms with van der Waals surface area (Å²) in [4.78, 5) is 0. The molecule has 0 amide bonds. The Bertz CT molecular complexity index is 429. The predicted octanol–water partition coefficient (Wildman–Crippen LogP) is 5.08. The van der Waals surface area contributed by atoms with Gasteiger partial charge in [-0.2, -0.15) is 0 Å². The molecule has 0 radical (unpaired) electrons. The molecule has 0 bridgehead atoms. The summed E-state index contributed by atoms with van der Waals surface area (Å²) in [7, 11) is 0. The second-order valence-electron chi connectivity index (χ2n) is 4.94. The van der Waals surface area contributed by atoms with Crippen LogP contribution in [0.5, 0.6) is 11.5 Å². The molecule has 0 saturated carbocycles. The van der Waals surface area contributed by atoms with Crippen molar-refractivity contribution >= 4 is 0 Å². The molecule has 0 heterocycles. The van der Waals surface area contributed by atoms with Crippen molar-refractivity contribution in [3.63, 3.8) is 0 Å². The highest BCUT2D eigenvalue weighted by Crippen LogP contribution is 2.34. The third-order valence-corrected chi connectivity index (χ3v) is 3.04. The first-order valence-electron chi connectivity index (χ1n) is 7.33. The fourth-order valence-corrected chi connectivity index (χ4v) is 1.96. The van der Waals surface area contributed by atoms with Crippen molar-refractivity contribution in [2.75, 3.05) is 13.2 Å². The molecule has 0 spiro atoms. The Kier molecular flexibility index (Phi) is 7.13. The van der Waals surface area contributed by atoms with Crippen LogP contribution in [0.1, 0.15) is 51.5 Å². The fourth-order valence-electron chi connectivity index (χ4n) is 1.96. The lowest BCUT2D eigenvalue weighted by Crippen LogP contribution is -2.05. The van der Waals surface area contributed by atoms with Crippen LogP contribution >= 0.6 is 0 Å². The zero-order valence-electron chi connectivity index (χ0n) is 12.7. The Morgan fingerprint density at radius 1 is 1.15 bits per heavy atom. The zero-order chi connectivity index (χ0) is 15.0. The van der Waals surface area contributed by atoms with Crippen LogP contribution in [-0.4, -0.2) is 13.2 Å². The summed E-state index contributed by atoms with van der Waals surface area (Å²) in [6, 6.07) is 3.21. The Morgan fingerprint density at radius 3 is 2.20 bits per heavy atom. The first-order valence-corrected chi connectivity index (χ1v) is 7.33. The second kappa shape index (κ2) is 8.62. The maximum Gasteiger partial charge on any atom is 0.164 e. The highest BCUT2D eigenvalue weighted by Gasteiger charge is 2.16. The van der Waals surface area contributed by atoms with Crippen LogP contribution in [-0.2, 0) is 0 Å². The third-order valence-electron chi connectivity index (χ3n) is 3.04. The first-order chi connectivity index (χ1) is 9.63. The molecule has 0 fully saturated rings. The van der Waals surface area contributed by atoms with E-state index in [0.717, 1.165) is 19.3 Å². The van der Waals surface area contributed by atoms with Crippen LogP contribution in [0, 0.1) is 5.82 Å². The van der Waals surface area contributed by atoms with Crippen LogP contribution in [0.25, 0.3) is 0 Å². The van der Waals surface area contributed by atoms with E-state index in [1.807, 2.05) is 20.8 Å². The Balaban J connectivity index is 3.05. The molecule has 1 atom stereocenters. The van der Waals surface area contributed by atoms with E-state index in [4.69, 9.17) is 9.47 Å². The van der Waals surface area contributed by atoms with Gasteiger partial charge in [0.25, 0.3) is 0 Å².